The minimum atomic E-state index is -4.32. The average molecular weight is 626 g/mol. The van der Waals surface area contributed by atoms with Crippen molar-refractivity contribution in [1.82, 2.24) is 19.7 Å². The van der Waals surface area contributed by atoms with Crippen LogP contribution in [-0.2, 0) is 29.0 Å². The molecule has 3 heterocycles. The highest BCUT2D eigenvalue weighted by molar-refractivity contribution is 7.52. The minimum absolute atomic E-state index is 0.179. The first-order valence-corrected chi connectivity index (χ1v) is 15.7. The van der Waals surface area contributed by atoms with E-state index in [1.54, 1.807) is 36.4 Å². The van der Waals surface area contributed by atoms with Crippen molar-refractivity contribution < 1.29 is 38.1 Å². The molecule has 5 N–H and O–H groups in total. The van der Waals surface area contributed by atoms with E-state index in [9.17, 15) is 19.6 Å². The molecule has 1 fully saturated rings. The molecule has 0 spiro atoms. The van der Waals surface area contributed by atoms with Gasteiger partial charge in [0, 0.05) is 0 Å². The van der Waals surface area contributed by atoms with Crippen LogP contribution in [0.15, 0.2) is 48.8 Å². The summed E-state index contributed by atoms with van der Waals surface area (Å²) in [6.45, 7) is 4.75. The molecular formula is C27H37ClN5O8P. The minimum Gasteiger partial charge on any atom is -0.464 e. The molecule has 0 radical (unpaired) electrons. The fraction of sp³-hybridized carbons (Fsp3) is 0.519. The third kappa shape index (κ3) is 6.57. The number of rotatable bonds is 14. The summed E-state index contributed by atoms with van der Waals surface area (Å²) in [5, 5.41) is 29.8. The van der Waals surface area contributed by atoms with Gasteiger partial charge in [0.2, 0.25) is 0 Å². The zero-order valence-corrected chi connectivity index (χ0v) is 25.3. The van der Waals surface area contributed by atoms with Gasteiger partial charge in [-0.1, -0.05) is 44.9 Å². The summed E-state index contributed by atoms with van der Waals surface area (Å²) in [4.78, 5) is 16.7. The number of alkyl halides is 1. The first-order valence-electron chi connectivity index (χ1n) is 13.6. The Morgan fingerprint density at radius 3 is 2.67 bits per heavy atom. The normalized spacial score (nSPS) is 24.5. The fourth-order valence-electron chi connectivity index (χ4n) is 4.66. The molecule has 42 heavy (non-hydrogen) atoms. The smallest absolute Gasteiger partial charge is 0.459 e. The Balaban J connectivity index is 1.55. The number of ether oxygens (including phenoxy) is 2. The van der Waals surface area contributed by atoms with Gasteiger partial charge in [-0.05, 0) is 37.1 Å². The third-order valence-corrected chi connectivity index (χ3v) is 9.53. The van der Waals surface area contributed by atoms with Gasteiger partial charge in [-0.2, -0.15) is 10.2 Å². The lowest BCUT2D eigenvalue weighted by molar-refractivity contribution is -0.146. The van der Waals surface area contributed by atoms with Gasteiger partial charge in [-0.25, -0.2) is 14.1 Å². The van der Waals surface area contributed by atoms with E-state index in [4.69, 9.17) is 35.9 Å². The van der Waals surface area contributed by atoms with Crippen LogP contribution < -0.4 is 15.3 Å². The molecule has 0 amide bonds. The fourth-order valence-corrected chi connectivity index (χ4v) is 6.50. The molecule has 13 nitrogen and oxygen atoms in total. The summed E-state index contributed by atoms with van der Waals surface area (Å²) in [5.74, 6) is -0.406. The van der Waals surface area contributed by atoms with E-state index < -0.39 is 50.3 Å². The van der Waals surface area contributed by atoms with Crippen LogP contribution in [0.4, 0.5) is 5.82 Å². The van der Waals surface area contributed by atoms with E-state index in [1.807, 2.05) is 13.8 Å². The van der Waals surface area contributed by atoms with Crippen LogP contribution in [0.3, 0.4) is 0 Å². The Morgan fingerprint density at radius 1 is 1.29 bits per heavy atom. The lowest BCUT2D eigenvalue weighted by atomic mass is 9.86. The van der Waals surface area contributed by atoms with Crippen molar-refractivity contribution in [3.63, 3.8) is 0 Å². The number of nitrogen functional groups attached to an aromatic ring is 1. The Hall–Kier alpha value is -2.77. The van der Waals surface area contributed by atoms with Crippen LogP contribution in [0, 0.1) is 5.92 Å². The topological polar surface area (TPSA) is 180 Å². The third-order valence-electron chi connectivity index (χ3n) is 7.45. The summed E-state index contributed by atoms with van der Waals surface area (Å²) in [5.41, 5.74) is 2.80. The second kappa shape index (κ2) is 13.3. The number of benzene rings is 1. The molecule has 4 rings (SSSR count). The van der Waals surface area contributed by atoms with Gasteiger partial charge in [0.25, 0.3) is 0 Å². The molecule has 0 bridgehead atoms. The number of aromatic nitrogens is 3. The number of aliphatic hydroxyl groups excluding tert-OH is 1. The quantitative estimate of drug-likeness (QED) is 0.117. The molecule has 2 aromatic heterocycles. The van der Waals surface area contributed by atoms with Gasteiger partial charge in [0.15, 0.2) is 11.4 Å². The second-order valence-electron chi connectivity index (χ2n) is 10.3. The number of esters is 1. The Morgan fingerprint density at radius 2 is 2.00 bits per heavy atom. The molecule has 1 aromatic carbocycles. The molecule has 230 valence electrons. The van der Waals surface area contributed by atoms with Crippen molar-refractivity contribution in [2.45, 2.75) is 57.0 Å². The van der Waals surface area contributed by atoms with Crippen molar-refractivity contribution in [1.29, 1.82) is 0 Å². The largest absolute Gasteiger partial charge is 0.464 e. The predicted molar refractivity (Wildman–Crippen MR) is 155 cm³/mol. The second-order valence-corrected chi connectivity index (χ2v) is 12.3. The number of carbonyl (C=O) groups excluding carboxylic acids is 1. The van der Waals surface area contributed by atoms with Gasteiger partial charge < -0.3 is 29.9 Å². The number of nitrogens with one attached hydrogen (secondary N) is 1. The summed E-state index contributed by atoms with van der Waals surface area (Å²) < 4.78 is 38.1. The lowest BCUT2D eigenvalue weighted by Gasteiger charge is -2.34. The van der Waals surface area contributed by atoms with Crippen LogP contribution in [0.5, 0.6) is 5.75 Å². The van der Waals surface area contributed by atoms with Crippen molar-refractivity contribution in [2.75, 3.05) is 31.4 Å². The number of hydrogen-bond acceptors (Lipinski definition) is 11. The highest BCUT2D eigenvalue weighted by atomic mass is 35.5. The highest BCUT2D eigenvalue weighted by Gasteiger charge is 2.60. The molecule has 1 unspecified atom stereocenters. The van der Waals surface area contributed by atoms with E-state index in [1.165, 1.54) is 23.8 Å². The molecule has 0 saturated carbocycles. The van der Waals surface area contributed by atoms with Crippen LogP contribution in [0.25, 0.3) is 5.52 Å². The maximum Gasteiger partial charge on any atom is 0.459 e. The number of fused-ring (bicyclic) bond motifs is 1. The van der Waals surface area contributed by atoms with Crippen molar-refractivity contribution >= 4 is 36.7 Å². The standard InChI is InChI=1S/C27H37ClN5O8P/c1-4-19(5-2)13-38-24(34)18(3)32-42(37,41-20-9-7-6-8-10-20)40-15-26(14-28)25(35)27(36,16-39-26)22-12-11-21-23(29)30-17-31-33(21)22/h6-12,17-19,25,35-36H,4-5,13-16H2,1-3H3,(H,32,37)(H2,29,30,31)/t18-,25+,26+,27+,42?/m0/s1. The number of para-hydroxylation sites is 1. The van der Waals surface area contributed by atoms with Gasteiger partial charge in [-0.15, -0.1) is 11.6 Å². The molecule has 0 aliphatic carbocycles. The van der Waals surface area contributed by atoms with E-state index in [0.29, 0.717) is 5.52 Å². The van der Waals surface area contributed by atoms with Crippen molar-refractivity contribution in [2.24, 2.45) is 5.92 Å². The summed E-state index contributed by atoms with van der Waals surface area (Å²) in [6, 6.07) is 10.3. The molecule has 5 atom stereocenters. The monoisotopic (exact) mass is 625 g/mol. The molecule has 1 aliphatic heterocycles. The number of nitrogens with two attached hydrogens (primary N) is 1. The molecule has 3 aromatic rings. The van der Waals surface area contributed by atoms with E-state index in [0.717, 1.165) is 12.8 Å². The van der Waals surface area contributed by atoms with Crippen LogP contribution >= 0.6 is 19.3 Å². The summed E-state index contributed by atoms with van der Waals surface area (Å²) in [7, 11) is -4.32. The summed E-state index contributed by atoms with van der Waals surface area (Å²) in [6.07, 6.45) is 1.25. The molecule has 1 saturated heterocycles. The van der Waals surface area contributed by atoms with Crippen molar-refractivity contribution in [3.8, 4) is 5.75 Å². The average Bonchev–Trinajstić information content (AvgIpc) is 3.54. The van der Waals surface area contributed by atoms with E-state index in [2.05, 4.69) is 15.2 Å². The first kappa shape index (κ1) is 32.2. The van der Waals surface area contributed by atoms with Gasteiger partial charge in [0.05, 0.1) is 31.4 Å². The number of halogens is 1. The number of nitrogens with zero attached hydrogens (tertiary/aromatic N) is 3. The Kier molecular flexibility index (Phi) is 10.1. The van der Waals surface area contributed by atoms with Crippen LogP contribution in [0.1, 0.15) is 39.3 Å². The zero-order chi connectivity index (χ0) is 30.5. The van der Waals surface area contributed by atoms with Crippen LogP contribution in [0.2, 0.25) is 0 Å². The van der Waals surface area contributed by atoms with Crippen LogP contribution in [-0.4, -0.2) is 74.2 Å². The van der Waals surface area contributed by atoms with Gasteiger partial charge in [-0.3, -0.25) is 9.32 Å². The Bertz CT molecular complexity index is 1410. The SMILES string of the molecule is CCC(CC)COC(=O)[C@H](C)NP(=O)(OC[C@@]1(CCl)OC[C@@](O)(c2ccc3c(N)ncnn23)[C@@H]1O)Oc1ccccc1. The molecule has 15 heteroatoms. The molecular weight excluding hydrogens is 589 g/mol. The first-order chi connectivity index (χ1) is 20.0. The molecule has 1 aliphatic rings. The Labute approximate surface area is 248 Å². The zero-order valence-electron chi connectivity index (χ0n) is 23.7. The maximum absolute atomic E-state index is 14.0. The maximum atomic E-state index is 14.0. The number of hydrogen-bond donors (Lipinski definition) is 4. The van der Waals surface area contributed by atoms with Crippen molar-refractivity contribution in [3.05, 3.63) is 54.5 Å². The number of carbonyl (C=O) groups is 1. The van der Waals surface area contributed by atoms with E-state index >= 15 is 0 Å². The highest BCUT2D eigenvalue weighted by Crippen LogP contribution is 2.49. The van der Waals surface area contributed by atoms with Gasteiger partial charge in [0.1, 0.15) is 35.3 Å². The lowest BCUT2D eigenvalue weighted by Crippen LogP contribution is -2.53. The predicted octanol–water partition coefficient (Wildman–Crippen LogP) is 3.03. The number of aliphatic hydroxyl groups is 2. The van der Waals surface area contributed by atoms with Gasteiger partial charge >= 0.3 is 13.7 Å². The van der Waals surface area contributed by atoms with E-state index in [-0.39, 0.29) is 35.7 Å². The summed E-state index contributed by atoms with van der Waals surface area (Å²) >= 11 is 6.28. The number of anilines is 1.